The van der Waals surface area contributed by atoms with Crippen LogP contribution in [-0.4, -0.2) is 50.6 Å². The first-order valence-corrected chi connectivity index (χ1v) is 7.48. The summed E-state index contributed by atoms with van der Waals surface area (Å²) in [6.07, 6.45) is 1.11. The summed E-state index contributed by atoms with van der Waals surface area (Å²) in [4.78, 5) is 17.5. The van der Waals surface area contributed by atoms with Crippen LogP contribution in [0.2, 0.25) is 0 Å². The molecule has 0 aromatic heterocycles. The van der Waals surface area contributed by atoms with E-state index in [1.807, 2.05) is 19.2 Å². The molecule has 1 heterocycles. The van der Waals surface area contributed by atoms with Crippen LogP contribution >= 0.6 is 24.0 Å². The lowest BCUT2D eigenvalue weighted by atomic mass is 10.1. The van der Waals surface area contributed by atoms with Crippen LogP contribution in [0, 0.1) is 5.92 Å². The highest BCUT2D eigenvalue weighted by Gasteiger charge is 2.18. The molecule has 0 bridgehead atoms. The van der Waals surface area contributed by atoms with E-state index < -0.39 is 5.91 Å². The molecule has 0 radical (unpaired) electrons. The van der Waals surface area contributed by atoms with E-state index in [1.54, 1.807) is 19.2 Å². The summed E-state index contributed by atoms with van der Waals surface area (Å²) >= 11 is 0. The molecular formula is C16H25IN4O2. The fourth-order valence-corrected chi connectivity index (χ4v) is 2.55. The van der Waals surface area contributed by atoms with Crippen molar-refractivity contribution in [2.75, 3.05) is 33.9 Å². The van der Waals surface area contributed by atoms with Crippen LogP contribution in [0.4, 0.5) is 0 Å². The molecule has 0 spiro atoms. The van der Waals surface area contributed by atoms with Gasteiger partial charge in [-0.1, -0.05) is 12.1 Å². The van der Waals surface area contributed by atoms with Gasteiger partial charge in [0.15, 0.2) is 5.96 Å². The summed E-state index contributed by atoms with van der Waals surface area (Å²) in [6.45, 7) is 3.27. The van der Waals surface area contributed by atoms with Crippen molar-refractivity contribution in [3.8, 4) is 0 Å². The van der Waals surface area contributed by atoms with Crippen molar-refractivity contribution in [3.05, 3.63) is 35.4 Å². The molecule has 2 rings (SSSR count). The molecule has 23 heavy (non-hydrogen) atoms. The normalized spacial score (nSPS) is 17.5. The zero-order valence-electron chi connectivity index (χ0n) is 13.6. The minimum absolute atomic E-state index is 0. The zero-order valence-corrected chi connectivity index (χ0v) is 15.9. The largest absolute Gasteiger partial charge is 0.381 e. The Kier molecular flexibility index (Phi) is 8.32. The first-order chi connectivity index (χ1) is 10.6. The van der Waals surface area contributed by atoms with Crippen LogP contribution in [-0.2, 0) is 11.3 Å². The van der Waals surface area contributed by atoms with Gasteiger partial charge in [0.05, 0.1) is 6.61 Å². The molecule has 0 aliphatic carbocycles. The van der Waals surface area contributed by atoms with Crippen LogP contribution in [0.3, 0.4) is 0 Å². The molecule has 1 aliphatic rings. The number of halogens is 1. The smallest absolute Gasteiger partial charge is 0.248 e. The molecule has 1 aromatic carbocycles. The maximum atomic E-state index is 11.0. The minimum atomic E-state index is -0.408. The van der Waals surface area contributed by atoms with Gasteiger partial charge in [-0.3, -0.25) is 9.79 Å². The fourth-order valence-electron chi connectivity index (χ4n) is 2.55. The Balaban J connectivity index is 0.00000264. The monoisotopic (exact) mass is 432 g/mol. The summed E-state index contributed by atoms with van der Waals surface area (Å²) in [5.74, 6) is 1.01. The number of amides is 1. The van der Waals surface area contributed by atoms with Crippen LogP contribution in [0.25, 0.3) is 0 Å². The number of rotatable bonds is 5. The van der Waals surface area contributed by atoms with Gasteiger partial charge in [-0.15, -0.1) is 24.0 Å². The first-order valence-electron chi connectivity index (χ1n) is 7.48. The number of nitrogens with two attached hydrogens (primary N) is 1. The van der Waals surface area contributed by atoms with Crippen molar-refractivity contribution in [1.29, 1.82) is 0 Å². The summed E-state index contributed by atoms with van der Waals surface area (Å²) in [6, 6.07) is 7.26. The third-order valence-corrected chi connectivity index (χ3v) is 3.82. The van der Waals surface area contributed by atoms with E-state index in [1.165, 1.54) is 0 Å². The van der Waals surface area contributed by atoms with Crippen molar-refractivity contribution in [3.63, 3.8) is 0 Å². The van der Waals surface area contributed by atoms with Gasteiger partial charge in [0.2, 0.25) is 5.91 Å². The van der Waals surface area contributed by atoms with Gasteiger partial charge in [-0.05, 0) is 24.1 Å². The maximum absolute atomic E-state index is 11.0. The molecule has 0 saturated carbocycles. The molecule has 3 N–H and O–H groups in total. The predicted octanol–water partition coefficient (Wildman–Crippen LogP) is 1.45. The number of hydrogen-bond donors (Lipinski definition) is 2. The Morgan fingerprint density at radius 2 is 2.13 bits per heavy atom. The lowest BCUT2D eigenvalue weighted by Gasteiger charge is -2.24. The first kappa shape index (κ1) is 19.7. The van der Waals surface area contributed by atoms with E-state index in [-0.39, 0.29) is 24.0 Å². The molecule has 1 fully saturated rings. The Hall–Kier alpha value is -1.35. The second-order valence-corrected chi connectivity index (χ2v) is 5.57. The number of nitrogens with one attached hydrogen (secondary N) is 1. The lowest BCUT2D eigenvalue weighted by Crippen LogP contribution is -2.41. The van der Waals surface area contributed by atoms with Gasteiger partial charge in [0, 0.05) is 45.3 Å². The fraction of sp³-hybridized carbons (Fsp3) is 0.500. The SMILES string of the molecule is CN=C(NCc1ccc(C(N)=O)cc1)N(C)CC1CCOC1.I. The van der Waals surface area contributed by atoms with Gasteiger partial charge in [-0.2, -0.15) is 0 Å². The second kappa shape index (κ2) is 9.71. The number of nitrogens with zero attached hydrogens (tertiary/aromatic N) is 2. The number of guanidine groups is 1. The second-order valence-electron chi connectivity index (χ2n) is 5.57. The van der Waals surface area contributed by atoms with E-state index >= 15 is 0 Å². The van der Waals surface area contributed by atoms with Crippen LogP contribution in [0.1, 0.15) is 22.3 Å². The van der Waals surface area contributed by atoms with E-state index in [0.717, 1.165) is 37.7 Å². The molecule has 1 unspecified atom stereocenters. The Morgan fingerprint density at radius 3 is 2.65 bits per heavy atom. The third kappa shape index (κ3) is 5.98. The molecule has 1 aliphatic heterocycles. The van der Waals surface area contributed by atoms with Gasteiger partial charge in [-0.25, -0.2) is 0 Å². The summed E-state index contributed by atoms with van der Waals surface area (Å²) in [5.41, 5.74) is 6.83. The van der Waals surface area contributed by atoms with Crippen LogP contribution in [0.15, 0.2) is 29.3 Å². The molecule has 1 saturated heterocycles. The Bertz CT molecular complexity index is 527. The third-order valence-electron chi connectivity index (χ3n) is 3.82. The van der Waals surface area contributed by atoms with Crippen molar-refractivity contribution < 1.29 is 9.53 Å². The van der Waals surface area contributed by atoms with Gasteiger partial charge in [0.25, 0.3) is 0 Å². The minimum Gasteiger partial charge on any atom is -0.381 e. The highest BCUT2D eigenvalue weighted by atomic mass is 127. The van der Waals surface area contributed by atoms with Crippen molar-refractivity contribution >= 4 is 35.8 Å². The van der Waals surface area contributed by atoms with E-state index in [2.05, 4.69) is 15.2 Å². The standard InChI is InChI=1S/C16H24N4O2.HI/c1-18-16(20(2)10-13-7-8-22-11-13)19-9-12-3-5-14(6-4-12)15(17)21;/h3-6,13H,7-11H2,1-2H3,(H2,17,21)(H,18,19);1H. The summed E-state index contributed by atoms with van der Waals surface area (Å²) in [7, 11) is 3.81. The molecular weight excluding hydrogens is 407 g/mol. The number of benzene rings is 1. The number of primary amides is 1. The van der Waals surface area contributed by atoms with Crippen molar-refractivity contribution in [2.45, 2.75) is 13.0 Å². The number of carbonyl (C=O) groups is 1. The zero-order chi connectivity index (χ0) is 15.9. The van der Waals surface area contributed by atoms with E-state index in [9.17, 15) is 4.79 Å². The van der Waals surface area contributed by atoms with E-state index in [0.29, 0.717) is 18.0 Å². The molecule has 6 nitrogen and oxygen atoms in total. The number of carbonyl (C=O) groups excluding carboxylic acids is 1. The van der Waals surface area contributed by atoms with Gasteiger partial charge < -0.3 is 20.7 Å². The molecule has 1 amide bonds. The quantitative estimate of drug-likeness (QED) is 0.420. The van der Waals surface area contributed by atoms with Gasteiger partial charge >= 0.3 is 0 Å². The average molecular weight is 432 g/mol. The molecule has 7 heteroatoms. The average Bonchev–Trinajstić information content (AvgIpc) is 3.01. The van der Waals surface area contributed by atoms with Gasteiger partial charge in [0.1, 0.15) is 0 Å². The maximum Gasteiger partial charge on any atom is 0.248 e. The summed E-state index contributed by atoms with van der Waals surface area (Å²) < 4.78 is 5.41. The molecule has 1 atom stereocenters. The Morgan fingerprint density at radius 1 is 1.43 bits per heavy atom. The lowest BCUT2D eigenvalue weighted by molar-refractivity contribution is 0.100. The highest BCUT2D eigenvalue weighted by Crippen LogP contribution is 2.13. The number of aliphatic imine (C=N–C) groups is 1. The van der Waals surface area contributed by atoms with Crippen molar-refractivity contribution in [1.82, 2.24) is 10.2 Å². The van der Waals surface area contributed by atoms with Crippen LogP contribution < -0.4 is 11.1 Å². The predicted molar refractivity (Wildman–Crippen MR) is 102 cm³/mol. The number of ether oxygens (including phenoxy) is 1. The molecule has 128 valence electrons. The van der Waals surface area contributed by atoms with Crippen LogP contribution in [0.5, 0.6) is 0 Å². The number of hydrogen-bond acceptors (Lipinski definition) is 3. The molecule has 1 aromatic rings. The van der Waals surface area contributed by atoms with Crippen molar-refractivity contribution in [2.24, 2.45) is 16.6 Å². The van der Waals surface area contributed by atoms with E-state index in [4.69, 9.17) is 10.5 Å². The topological polar surface area (TPSA) is 79.9 Å². The Labute approximate surface area is 154 Å². The summed E-state index contributed by atoms with van der Waals surface area (Å²) in [5, 5.41) is 3.33. The highest BCUT2D eigenvalue weighted by molar-refractivity contribution is 14.0.